The number of phenols is 1. The summed E-state index contributed by atoms with van der Waals surface area (Å²) in [5.74, 6) is -0.140. The third-order valence-electron chi connectivity index (χ3n) is 2.12. The van der Waals surface area contributed by atoms with E-state index in [1.165, 1.54) is 13.0 Å². The molecule has 0 bridgehead atoms. The minimum atomic E-state index is -0.152. The van der Waals surface area contributed by atoms with E-state index in [-0.39, 0.29) is 11.5 Å². The number of benzene rings is 1. The number of carbonyl (C=O) groups excluding carboxylic acids is 1. The van der Waals surface area contributed by atoms with E-state index in [1.54, 1.807) is 24.4 Å². The van der Waals surface area contributed by atoms with Gasteiger partial charge in [-0.25, -0.2) is 0 Å². The van der Waals surface area contributed by atoms with Crippen molar-refractivity contribution in [2.24, 2.45) is 0 Å². The van der Waals surface area contributed by atoms with Crippen molar-refractivity contribution in [3.8, 4) is 5.75 Å². The van der Waals surface area contributed by atoms with Crippen molar-refractivity contribution in [2.45, 2.75) is 6.92 Å². The molecule has 0 aliphatic rings. The Labute approximate surface area is 81.0 Å². The fourth-order valence-electron chi connectivity index (χ4n) is 1.51. The number of aromatic nitrogens is 1. The van der Waals surface area contributed by atoms with Crippen LogP contribution in [0.25, 0.3) is 10.9 Å². The second-order valence-corrected chi connectivity index (χ2v) is 3.09. The van der Waals surface area contributed by atoms with Crippen LogP contribution >= 0.6 is 0 Å². The van der Waals surface area contributed by atoms with E-state index < -0.39 is 0 Å². The highest BCUT2D eigenvalue weighted by Crippen LogP contribution is 2.25. The number of phenolic OH excluding ortho intramolecular Hbond substituents is 1. The predicted octanol–water partition coefficient (Wildman–Crippen LogP) is 2.14. The Bertz CT molecular complexity index is 506. The lowest BCUT2D eigenvalue weighted by Gasteiger charge is -2.04. The van der Waals surface area contributed by atoms with Crippen molar-refractivity contribution < 1.29 is 9.90 Å². The van der Waals surface area contributed by atoms with Crippen molar-refractivity contribution >= 4 is 16.7 Å². The second-order valence-electron chi connectivity index (χ2n) is 3.09. The van der Waals surface area contributed by atoms with Crippen LogP contribution in [0.3, 0.4) is 0 Å². The summed E-state index contributed by atoms with van der Waals surface area (Å²) < 4.78 is 0. The van der Waals surface area contributed by atoms with Crippen LogP contribution in [-0.4, -0.2) is 15.9 Å². The number of aromatic hydroxyl groups is 1. The smallest absolute Gasteiger partial charge is 0.164 e. The number of pyridine rings is 1. The van der Waals surface area contributed by atoms with Crippen LogP contribution in [0.2, 0.25) is 0 Å². The first-order chi connectivity index (χ1) is 6.70. The molecule has 1 aromatic carbocycles. The van der Waals surface area contributed by atoms with Crippen LogP contribution in [-0.2, 0) is 0 Å². The molecule has 0 atom stereocenters. The van der Waals surface area contributed by atoms with Crippen LogP contribution in [0.5, 0.6) is 5.75 Å². The van der Waals surface area contributed by atoms with Gasteiger partial charge in [0.25, 0.3) is 0 Å². The Balaban J connectivity index is 2.90. The third-order valence-corrected chi connectivity index (χ3v) is 2.12. The summed E-state index contributed by atoms with van der Waals surface area (Å²) in [5.41, 5.74) is 1.06. The highest BCUT2D eigenvalue weighted by molar-refractivity contribution is 6.08. The van der Waals surface area contributed by atoms with Crippen LogP contribution < -0.4 is 0 Å². The van der Waals surface area contributed by atoms with Gasteiger partial charge >= 0.3 is 0 Å². The summed E-state index contributed by atoms with van der Waals surface area (Å²) in [6.07, 6.45) is 1.66. The first-order valence-corrected chi connectivity index (χ1v) is 4.28. The molecule has 1 aromatic heterocycles. The summed E-state index contributed by atoms with van der Waals surface area (Å²) >= 11 is 0. The van der Waals surface area contributed by atoms with E-state index in [2.05, 4.69) is 4.98 Å². The molecule has 70 valence electrons. The van der Waals surface area contributed by atoms with Crippen molar-refractivity contribution in [2.75, 3.05) is 0 Å². The molecule has 0 saturated carbocycles. The molecular weight excluding hydrogens is 178 g/mol. The average Bonchev–Trinajstić information content (AvgIpc) is 2.17. The Hall–Kier alpha value is -1.90. The quantitative estimate of drug-likeness (QED) is 0.696. The number of nitrogens with zero attached hydrogens (tertiary/aromatic N) is 1. The van der Waals surface area contributed by atoms with E-state index in [0.29, 0.717) is 10.9 Å². The molecular formula is C11H9NO2. The Kier molecular flexibility index (Phi) is 1.93. The van der Waals surface area contributed by atoms with Crippen LogP contribution in [0, 0.1) is 0 Å². The molecule has 1 N–H and O–H groups in total. The molecule has 0 aliphatic heterocycles. The molecule has 1 heterocycles. The number of fused-ring (bicyclic) bond motifs is 1. The highest BCUT2D eigenvalue weighted by atomic mass is 16.3. The van der Waals surface area contributed by atoms with Crippen molar-refractivity contribution in [3.05, 3.63) is 36.0 Å². The predicted molar refractivity (Wildman–Crippen MR) is 53.4 cm³/mol. The van der Waals surface area contributed by atoms with Crippen molar-refractivity contribution in [1.29, 1.82) is 0 Å². The summed E-state index contributed by atoms with van der Waals surface area (Å²) in [7, 11) is 0. The monoisotopic (exact) mass is 187 g/mol. The minimum absolute atomic E-state index is 0.0120. The molecule has 0 amide bonds. The molecule has 14 heavy (non-hydrogen) atoms. The fourth-order valence-corrected chi connectivity index (χ4v) is 1.51. The number of rotatable bonds is 1. The van der Waals surface area contributed by atoms with Crippen LogP contribution in [0.4, 0.5) is 0 Å². The number of hydrogen-bond donors (Lipinski definition) is 1. The van der Waals surface area contributed by atoms with Gasteiger partial charge in [-0.2, -0.15) is 0 Å². The van der Waals surface area contributed by atoms with Crippen LogP contribution in [0.15, 0.2) is 30.5 Å². The SMILES string of the molecule is CC(=O)c1c(O)ccc2ncccc12. The summed E-state index contributed by atoms with van der Waals surface area (Å²) in [5, 5.41) is 10.2. The first-order valence-electron chi connectivity index (χ1n) is 4.28. The standard InChI is InChI=1S/C11H9NO2/c1-7(13)11-8-3-2-6-12-9(8)4-5-10(11)14/h2-6,14H,1H3. The molecule has 0 unspecified atom stereocenters. The Morgan fingerprint density at radius 3 is 2.86 bits per heavy atom. The van der Waals surface area contributed by atoms with E-state index in [1.807, 2.05) is 0 Å². The van der Waals surface area contributed by atoms with E-state index in [9.17, 15) is 9.90 Å². The van der Waals surface area contributed by atoms with E-state index in [4.69, 9.17) is 0 Å². The van der Waals surface area contributed by atoms with Crippen LogP contribution in [0.1, 0.15) is 17.3 Å². The number of hydrogen-bond acceptors (Lipinski definition) is 3. The zero-order valence-corrected chi connectivity index (χ0v) is 7.69. The fraction of sp³-hybridized carbons (Fsp3) is 0.0909. The second kappa shape index (κ2) is 3.10. The van der Waals surface area contributed by atoms with Gasteiger partial charge < -0.3 is 5.11 Å². The van der Waals surface area contributed by atoms with Gasteiger partial charge in [-0.1, -0.05) is 6.07 Å². The van der Waals surface area contributed by atoms with E-state index >= 15 is 0 Å². The number of Topliss-reactive ketones (excluding diaryl/α,β-unsaturated/α-hetero) is 1. The zero-order chi connectivity index (χ0) is 10.1. The molecule has 2 aromatic rings. The highest BCUT2D eigenvalue weighted by Gasteiger charge is 2.10. The third kappa shape index (κ3) is 1.23. The summed E-state index contributed by atoms with van der Waals surface area (Å²) in [6.45, 7) is 1.43. The molecule has 0 aliphatic carbocycles. The zero-order valence-electron chi connectivity index (χ0n) is 7.69. The molecule has 0 spiro atoms. The largest absolute Gasteiger partial charge is 0.507 e. The number of carbonyl (C=O) groups is 1. The maximum absolute atomic E-state index is 11.3. The van der Waals surface area contributed by atoms with Gasteiger partial charge in [0.15, 0.2) is 5.78 Å². The molecule has 3 heteroatoms. The molecule has 2 rings (SSSR count). The maximum Gasteiger partial charge on any atom is 0.164 e. The van der Waals surface area contributed by atoms with Gasteiger partial charge in [-0.3, -0.25) is 9.78 Å². The van der Waals surface area contributed by atoms with Gasteiger partial charge in [-0.15, -0.1) is 0 Å². The van der Waals surface area contributed by atoms with Crippen molar-refractivity contribution in [1.82, 2.24) is 4.98 Å². The summed E-state index contributed by atoms with van der Waals surface area (Å²) in [4.78, 5) is 15.4. The summed E-state index contributed by atoms with van der Waals surface area (Å²) in [6, 6.07) is 6.70. The van der Waals surface area contributed by atoms with E-state index in [0.717, 1.165) is 5.52 Å². The van der Waals surface area contributed by atoms with Gasteiger partial charge in [-0.05, 0) is 25.1 Å². The van der Waals surface area contributed by atoms with Gasteiger partial charge in [0.1, 0.15) is 5.75 Å². The lowest BCUT2D eigenvalue weighted by molar-refractivity contribution is 0.101. The van der Waals surface area contributed by atoms with Gasteiger partial charge in [0.05, 0.1) is 11.1 Å². The normalized spacial score (nSPS) is 10.4. The Morgan fingerprint density at radius 2 is 2.14 bits per heavy atom. The maximum atomic E-state index is 11.3. The Morgan fingerprint density at radius 1 is 1.36 bits per heavy atom. The minimum Gasteiger partial charge on any atom is -0.507 e. The molecule has 3 nitrogen and oxygen atoms in total. The lowest BCUT2D eigenvalue weighted by Crippen LogP contribution is -1.95. The van der Waals surface area contributed by atoms with Gasteiger partial charge in [0, 0.05) is 11.6 Å². The molecule has 0 radical (unpaired) electrons. The van der Waals surface area contributed by atoms with Gasteiger partial charge in [0.2, 0.25) is 0 Å². The van der Waals surface area contributed by atoms with Crippen molar-refractivity contribution in [3.63, 3.8) is 0 Å². The topological polar surface area (TPSA) is 50.2 Å². The average molecular weight is 187 g/mol. The lowest BCUT2D eigenvalue weighted by atomic mass is 10.0. The molecule has 0 saturated heterocycles. The number of ketones is 1. The first kappa shape index (κ1) is 8.69. The molecule has 0 fully saturated rings.